The molecule has 2 unspecified atom stereocenters. The predicted octanol–water partition coefficient (Wildman–Crippen LogP) is 16.5. The Morgan fingerprint density at radius 3 is 2.03 bits per heavy atom. The predicted molar refractivity (Wildman–Crippen MR) is 290 cm³/mol. The third-order valence-electron chi connectivity index (χ3n) is 17.0. The van der Waals surface area contributed by atoms with Crippen LogP contribution in [-0.4, -0.2) is 12.4 Å². The van der Waals surface area contributed by atoms with Gasteiger partial charge in [-0.3, -0.25) is 0 Å². The monoisotopic (exact) mass is 892 g/mol. The van der Waals surface area contributed by atoms with Crippen molar-refractivity contribution in [2.45, 2.75) is 129 Å². The minimum atomic E-state index is -0.108. The molecule has 3 aliphatic heterocycles. The number of benzene rings is 7. The maximum Gasteiger partial charge on any atom is 0.333 e. The molecular formula is C62H61BN2OS. The lowest BCUT2D eigenvalue weighted by molar-refractivity contribution is 0.195. The van der Waals surface area contributed by atoms with Gasteiger partial charge in [0.2, 0.25) is 0 Å². The van der Waals surface area contributed by atoms with E-state index < -0.39 is 0 Å². The SMILES string of the molecule is CC(C)(C)c1ccc(N2B3c4cc(C(C)(C)C)cc5c4N(c4cc6c(sc7ccccc76)c(c43)-c3c2ccc2oc4cc(C(C)(C)C)ccc4c32)C2(C)CCCCC52C)c(-c2ccccc2)c1. The highest BCUT2D eigenvalue weighted by molar-refractivity contribution is 7.26. The summed E-state index contributed by atoms with van der Waals surface area (Å²) in [5.74, 6) is 0. The first-order valence-corrected chi connectivity index (χ1v) is 25.7. The molecule has 4 aliphatic rings. The van der Waals surface area contributed by atoms with E-state index in [1.54, 1.807) is 5.56 Å². The molecule has 0 bridgehead atoms. The van der Waals surface area contributed by atoms with Crippen molar-refractivity contribution in [2.75, 3.05) is 9.71 Å². The maximum atomic E-state index is 7.06. The summed E-state index contributed by atoms with van der Waals surface area (Å²) >= 11 is 1.97. The molecule has 0 N–H and O–H groups in total. The van der Waals surface area contributed by atoms with Gasteiger partial charge >= 0.3 is 6.85 Å². The molecule has 5 heteroatoms. The lowest BCUT2D eigenvalue weighted by Crippen LogP contribution is -2.64. The molecule has 1 aliphatic carbocycles. The third-order valence-corrected chi connectivity index (χ3v) is 18.3. The molecule has 3 nitrogen and oxygen atoms in total. The van der Waals surface area contributed by atoms with E-state index in [1.165, 1.54) is 123 Å². The van der Waals surface area contributed by atoms with Gasteiger partial charge < -0.3 is 14.1 Å². The summed E-state index contributed by atoms with van der Waals surface area (Å²) in [4.78, 5) is 5.71. The van der Waals surface area contributed by atoms with Crippen LogP contribution in [0.25, 0.3) is 64.4 Å². The quantitative estimate of drug-likeness (QED) is 0.161. The number of rotatable bonds is 2. The lowest BCUT2D eigenvalue weighted by Gasteiger charge is -2.53. The van der Waals surface area contributed by atoms with Crippen molar-refractivity contribution in [3.05, 3.63) is 144 Å². The first-order chi connectivity index (χ1) is 31.9. The van der Waals surface area contributed by atoms with Gasteiger partial charge in [0.25, 0.3) is 0 Å². The highest BCUT2D eigenvalue weighted by Gasteiger charge is 2.62. The number of fused-ring (bicyclic) bond motifs is 15. The Bertz CT molecular complexity index is 3590. The van der Waals surface area contributed by atoms with Gasteiger partial charge in [-0.2, -0.15) is 0 Å². The number of hydrogen-bond donors (Lipinski definition) is 0. The largest absolute Gasteiger partial charge is 0.456 e. The molecule has 0 saturated heterocycles. The zero-order valence-electron chi connectivity index (χ0n) is 41.2. The average molecular weight is 893 g/mol. The molecule has 2 atom stereocenters. The van der Waals surface area contributed by atoms with E-state index in [2.05, 4.69) is 207 Å². The van der Waals surface area contributed by atoms with Gasteiger partial charge in [0.1, 0.15) is 11.2 Å². The Balaban J connectivity index is 1.26. The molecule has 67 heavy (non-hydrogen) atoms. The summed E-state index contributed by atoms with van der Waals surface area (Å²) in [6.45, 7) is 26.3. The maximum absolute atomic E-state index is 7.06. The molecule has 13 rings (SSSR count). The first-order valence-electron chi connectivity index (χ1n) is 24.8. The normalized spacial score (nSPS) is 20.0. The van der Waals surface area contributed by atoms with Crippen molar-refractivity contribution >= 4 is 94.0 Å². The van der Waals surface area contributed by atoms with Gasteiger partial charge in [0, 0.05) is 75.8 Å². The topological polar surface area (TPSA) is 19.6 Å². The van der Waals surface area contributed by atoms with Gasteiger partial charge in [-0.1, -0.05) is 161 Å². The van der Waals surface area contributed by atoms with Crippen molar-refractivity contribution in [1.82, 2.24) is 0 Å². The molecule has 1 fully saturated rings. The summed E-state index contributed by atoms with van der Waals surface area (Å²) < 4.78 is 9.77. The molecule has 1 saturated carbocycles. The van der Waals surface area contributed by atoms with Crippen molar-refractivity contribution in [2.24, 2.45) is 0 Å². The Kier molecular flexibility index (Phi) is 8.33. The third kappa shape index (κ3) is 5.53. The van der Waals surface area contributed by atoms with Crippen molar-refractivity contribution in [1.29, 1.82) is 0 Å². The van der Waals surface area contributed by atoms with E-state index in [1.807, 2.05) is 11.3 Å². The van der Waals surface area contributed by atoms with Crippen LogP contribution in [0.15, 0.2) is 126 Å². The first kappa shape index (κ1) is 41.4. The van der Waals surface area contributed by atoms with Crippen LogP contribution in [0.2, 0.25) is 0 Å². The fourth-order valence-corrected chi connectivity index (χ4v) is 14.4. The van der Waals surface area contributed by atoms with E-state index in [-0.39, 0.29) is 34.0 Å². The summed E-state index contributed by atoms with van der Waals surface area (Å²) in [6, 6.07) is 47.3. The second kappa shape index (κ2) is 13.5. The van der Waals surface area contributed by atoms with E-state index >= 15 is 0 Å². The molecule has 334 valence electrons. The lowest BCUT2D eigenvalue weighted by atomic mass is 9.42. The fourth-order valence-electron chi connectivity index (χ4n) is 13.1. The molecule has 0 radical (unpaired) electrons. The minimum absolute atomic E-state index is 0.0109. The van der Waals surface area contributed by atoms with Crippen LogP contribution in [0.5, 0.6) is 0 Å². The van der Waals surface area contributed by atoms with Crippen LogP contribution >= 0.6 is 11.3 Å². The number of thiophene rings is 1. The molecule has 5 heterocycles. The van der Waals surface area contributed by atoms with E-state index in [4.69, 9.17) is 4.42 Å². The average Bonchev–Trinajstić information content (AvgIpc) is 3.93. The molecule has 2 aromatic heterocycles. The summed E-state index contributed by atoms with van der Waals surface area (Å²) in [5, 5.41) is 5.09. The fraction of sp³-hybridized carbons (Fsp3) is 0.323. The van der Waals surface area contributed by atoms with E-state index in [0.717, 1.165) is 17.6 Å². The Labute approximate surface area is 400 Å². The van der Waals surface area contributed by atoms with Gasteiger partial charge in [0.15, 0.2) is 0 Å². The number of nitrogens with zero attached hydrogens (tertiary/aromatic N) is 2. The Morgan fingerprint density at radius 1 is 0.582 bits per heavy atom. The van der Waals surface area contributed by atoms with Crippen LogP contribution < -0.4 is 20.6 Å². The van der Waals surface area contributed by atoms with Crippen molar-refractivity contribution in [3.8, 4) is 22.3 Å². The zero-order valence-corrected chi connectivity index (χ0v) is 42.0. The highest BCUT2D eigenvalue weighted by Crippen LogP contribution is 2.64. The van der Waals surface area contributed by atoms with E-state index in [0.29, 0.717) is 0 Å². The smallest absolute Gasteiger partial charge is 0.333 e. The van der Waals surface area contributed by atoms with Crippen LogP contribution in [-0.2, 0) is 21.7 Å². The second-order valence-electron chi connectivity index (χ2n) is 24.0. The highest BCUT2D eigenvalue weighted by atomic mass is 32.1. The van der Waals surface area contributed by atoms with Crippen LogP contribution in [0.3, 0.4) is 0 Å². The van der Waals surface area contributed by atoms with Gasteiger partial charge in [-0.15, -0.1) is 11.3 Å². The Hall–Kier alpha value is -5.78. The van der Waals surface area contributed by atoms with Crippen molar-refractivity contribution < 1.29 is 4.42 Å². The summed E-state index contributed by atoms with van der Waals surface area (Å²) in [6.07, 6.45) is 4.83. The standard InChI is InChI=1S/C62H61BN2OS/c1-58(2,3)37-24-26-46(42(31-37)36-19-13-12-14-20-36)65-47-27-28-49-52(41-25-23-38(59(4,5)6)34-50(41)66-49)53(47)54-55-48(35-43-40-21-15-16-22-51(40)67-57(43)54)64-56-44(61(10)29-17-18-30-62(61,64)11)32-39(60(7,8)9)33-45(56)63(55)65/h12-16,19-28,31-35H,17-18,29-30H2,1-11H3. The second-order valence-corrected chi connectivity index (χ2v) is 25.1. The zero-order chi connectivity index (χ0) is 46.3. The number of furan rings is 1. The van der Waals surface area contributed by atoms with Gasteiger partial charge in [-0.25, -0.2) is 0 Å². The van der Waals surface area contributed by atoms with Crippen molar-refractivity contribution in [3.63, 3.8) is 0 Å². The summed E-state index contributed by atoms with van der Waals surface area (Å²) in [7, 11) is 0. The number of anilines is 4. The Morgan fingerprint density at radius 2 is 1.27 bits per heavy atom. The number of hydrogen-bond acceptors (Lipinski definition) is 4. The molecule has 7 aromatic carbocycles. The summed E-state index contributed by atoms with van der Waals surface area (Å²) in [5.41, 5.74) is 20.6. The van der Waals surface area contributed by atoms with Crippen LogP contribution in [0, 0.1) is 0 Å². The molecule has 9 aromatic rings. The molecule has 0 amide bonds. The van der Waals surface area contributed by atoms with E-state index in [9.17, 15) is 0 Å². The van der Waals surface area contributed by atoms with Gasteiger partial charge in [-0.05, 0) is 117 Å². The molecular weight excluding hydrogens is 832 g/mol. The van der Waals surface area contributed by atoms with Crippen LogP contribution in [0.1, 0.15) is 124 Å². The van der Waals surface area contributed by atoms with Gasteiger partial charge in [0.05, 0.1) is 5.54 Å². The minimum Gasteiger partial charge on any atom is -0.456 e. The van der Waals surface area contributed by atoms with Crippen LogP contribution in [0.4, 0.5) is 22.7 Å². The molecule has 0 spiro atoms.